The van der Waals surface area contributed by atoms with E-state index in [9.17, 15) is 18.0 Å². The maximum Gasteiger partial charge on any atom is 0.224 e. The van der Waals surface area contributed by atoms with Crippen molar-refractivity contribution in [1.29, 1.82) is 0 Å². The standard InChI is InChI=1S/C17H22N2O6S/c20-16(19-13-4-8-26(22,23)11-13)3-5-18-17(21)10-12-1-2-14-15(9-12)25-7-6-24-14/h1-2,9,13H,3-8,10-11H2,(H,18,21)(H,19,20). The first kappa shape index (κ1) is 18.5. The van der Waals surface area contributed by atoms with Crippen molar-refractivity contribution >= 4 is 21.7 Å². The Kier molecular flexibility index (Phi) is 5.65. The quantitative estimate of drug-likeness (QED) is 0.706. The van der Waals surface area contributed by atoms with E-state index in [2.05, 4.69) is 10.6 Å². The number of fused-ring (bicyclic) bond motifs is 1. The fourth-order valence-electron chi connectivity index (χ4n) is 2.97. The molecule has 0 aromatic heterocycles. The van der Waals surface area contributed by atoms with Crippen molar-refractivity contribution in [1.82, 2.24) is 10.6 Å². The average molecular weight is 382 g/mol. The number of carbonyl (C=O) groups is 2. The molecule has 2 aliphatic rings. The highest BCUT2D eigenvalue weighted by atomic mass is 32.2. The number of sulfone groups is 1. The van der Waals surface area contributed by atoms with E-state index in [-0.39, 0.29) is 48.7 Å². The van der Waals surface area contributed by atoms with Crippen molar-refractivity contribution in [3.05, 3.63) is 23.8 Å². The van der Waals surface area contributed by atoms with Gasteiger partial charge in [0.1, 0.15) is 13.2 Å². The van der Waals surface area contributed by atoms with Crippen LogP contribution in [0, 0.1) is 0 Å². The van der Waals surface area contributed by atoms with Crippen LogP contribution < -0.4 is 20.1 Å². The lowest BCUT2D eigenvalue weighted by Crippen LogP contribution is -2.38. The summed E-state index contributed by atoms with van der Waals surface area (Å²) in [6, 6.07) is 5.04. The van der Waals surface area contributed by atoms with Gasteiger partial charge in [0.15, 0.2) is 21.3 Å². The van der Waals surface area contributed by atoms with Crippen LogP contribution in [0.1, 0.15) is 18.4 Å². The number of amides is 2. The zero-order valence-electron chi connectivity index (χ0n) is 14.3. The summed E-state index contributed by atoms with van der Waals surface area (Å²) in [5.41, 5.74) is 0.798. The molecule has 1 atom stereocenters. The van der Waals surface area contributed by atoms with Gasteiger partial charge in [-0.25, -0.2) is 8.42 Å². The summed E-state index contributed by atoms with van der Waals surface area (Å²) < 4.78 is 33.6. The molecule has 1 aromatic carbocycles. The molecular weight excluding hydrogens is 360 g/mol. The van der Waals surface area contributed by atoms with Crippen molar-refractivity contribution in [3.8, 4) is 11.5 Å². The highest BCUT2D eigenvalue weighted by molar-refractivity contribution is 7.91. The second kappa shape index (κ2) is 7.94. The molecule has 2 aliphatic heterocycles. The summed E-state index contributed by atoms with van der Waals surface area (Å²) in [4.78, 5) is 23.8. The van der Waals surface area contributed by atoms with Gasteiger partial charge in [-0.2, -0.15) is 0 Å². The van der Waals surface area contributed by atoms with E-state index in [0.717, 1.165) is 5.56 Å². The van der Waals surface area contributed by atoms with Crippen LogP contribution in [0.5, 0.6) is 11.5 Å². The Balaban J connectivity index is 1.38. The van der Waals surface area contributed by atoms with Crippen molar-refractivity contribution in [2.45, 2.75) is 25.3 Å². The van der Waals surface area contributed by atoms with Crippen molar-refractivity contribution in [2.24, 2.45) is 0 Å². The monoisotopic (exact) mass is 382 g/mol. The third kappa shape index (κ3) is 5.10. The highest BCUT2D eigenvalue weighted by Gasteiger charge is 2.28. The zero-order valence-corrected chi connectivity index (χ0v) is 15.1. The molecule has 2 heterocycles. The number of carbonyl (C=O) groups excluding carboxylic acids is 2. The van der Waals surface area contributed by atoms with E-state index in [4.69, 9.17) is 9.47 Å². The van der Waals surface area contributed by atoms with E-state index in [1.165, 1.54) is 0 Å². The Morgan fingerprint density at radius 2 is 1.88 bits per heavy atom. The number of hydrogen-bond acceptors (Lipinski definition) is 6. The smallest absolute Gasteiger partial charge is 0.224 e. The lowest BCUT2D eigenvalue weighted by Gasteiger charge is -2.18. The third-order valence-electron chi connectivity index (χ3n) is 4.24. The molecule has 0 spiro atoms. The van der Waals surface area contributed by atoms with E-state index in [1.54, 1.807) is 18.2 Å². The Morgan fingerprint density at radius 3 is 2.62 bits per heavy atom. The second-order valence-electron chi connectivity index (χ2n) is 6.42. The molecule has 0 aliphatic carbocycles. The van der Waals surface area contributed by atoms with Crippen LogP contribution in [0.15, 0.2) is 18.2 Å². The molecule has 1 saturated heterocycles. The molecule has 3 rings (SSSR count). The first-order valence-electron chi connectivity index (χ1n) is 8.56. The number of benzene rings is 1. The van der Waals surface area contributed by atoms with Crippen LogP contribution in [0.2, 0.25) is 0 Å². The minimum absolute atomic E-state index is 0.00475. The molecule has 0 radical (unpaired) electrons. The summed E-state index contributed by atoms with van der Waals surface area (Å²) in [5, 5.41) is 5.39. The van der Waals surface area contributed by atoms with E-state index < -0.39 is 9.84 Å². The van der Waals surface area contributed by atoms with Gasteiger partial charge in [-0.1, -0.05) is 6.07 Å². The van der Waals surface area contributed by atoms with E-state index >= 15 is 0 Å². The number of hydrogen-bond donors (Lipinski definition) is 2. The summed E-state index contributed by atoms with van der Waals surface area (Å²) in [6.45, 7) is 1.20. The van der Waals surface area contributed by atoms with Gasteiger partial charge in [0.05, 0.1) is 17.9 Å². The Morgan fingerprint density at radius 1 is 1.12 bits per heavy atom. The molecule has 9 heteroatoms. The van der Waals surface area contributed by atoms with Crippen LogP contribution in [0.4, 0.5) is 0 Å². The summed E-state index contributed by atoms with van der Waals surface area (Å²) in [5.74, 6) is 0.961. The lowest BCUT2D eigenvalue weighted by molar-refractivity contribution is -0.122. The second-order valence-corrected chi connectivity index (χ2v) is 8.65. The predicted molar refractivity (Wildman–Crippen MR) is 94.0 cm³/mol. The van der Waals surface area contributed by atoms with Gasteiger partial charge in [0.2, 0.25) is 11.8 Å². The molecule has 26 heavy (non-hydrogen) atoms. The predicted octanol–water partition coefficient (Wildman–Crippen LogP) is -0.190. The summed E-state index contributed by atoms with van der Waals surface area (Å²) in [7, 11) is -3.02. The average Bonchev–Trinajstić information content (AvgIpc) is 2.93. The largest absolute Gasteiger partial charge is 0.486 e. The highest BCUT2D eigenvalue weighted by Crippen LogP contribution is 2.30. The summed E-state index contributed by atoms with van der Waals surface area (Å²) >= 11 is 0. The SMILES string of the molecule is O=C(Cc1ccc2c(c1)OCCO2)NCCC(=O)NC1CCS(=O)(=O)C1. The lowest BCUT2D eigenvalue weighted by atomic mass is 10.1. The molecule has 1 fully saturated rings. The Hall–Kier alpha value is -2.29. The van der Waals surface area contributed by atoms with Crippen LogP contribution in [0.3, 0.4) is 0 Å². The van der Waals surface area contributed by atoms with Gasteiger partial charge >= 0.3 is 0 Å². The Bertz CT molecular complexity index is 792. The normalized spacial score (nSPS) is 20.4. The van der Waals surface area contributed by atoms with E-state index in [0.29, 0.717) is 31.1 Å². The van der Waals surface area contributed by atoms with Gasteiger partial charge in [0.25, 0.3) is 0 Å². The first-order chi connectivity index (χ1) is 12.4. The Labute approximate surface area is 152 Å². The van der Waals surface area contributed by atoms with Gasteiger partial charge in [-0.05, 0) is 24.1 Å². The maximum absolute atomic E-state index is 12.0. The molecule has 1 aromatic rings. The molecule has 8 nitrogen and oxygen atoms in total. The van der Waals surface area contributed by atoms with Gasteiger partial charge in [0, 0.05) is 19.0 Å². The minimum atomic E-state index is -3.02. The van der Waals surface area contributed by atoms with Crippen molar-refractivity contribution < 1.29 is 27.5 Å². The number of ether oxygens (including phenoxy) is 2. The fraction of sp³-hybridized carbons (Fsp3) is 0.529. The van der Waals surface area contributed by atoms with Gasteiger partial charge in [-0.15, -0.1) is 0 Å². The summed E-state index contributed by atoms with van der Waals surface area (Å²) in [6.07, 6.45) is 0.743. The first-order valence-corrected chi connectivity index (χ1v) is 10.4. The molecule has 0 bridgehead atoms. The third-order valence-corrected chi connectivity index (χ3v) is 6.01. The molecule has 1 unspecified atom stereocenters. The maximum atomic E-state index is 12.0. The molecule has 2 N–H and O–H groups in total. The van der Waals surface area contributed by atoms with Crippen molar-refractivity contribution in [3.63, 3.8) is 0 Å². The minimum Gasteiger partial charge on any atom is -0.486 e. The van der Waals surface area contributed by atoms with Crippen LogP contribution in [-0.4, -0.2) is 57.5 Å². The zero-order chi connectivity index (χ0) is 18.6. The fourth-order valence-corrected chi connectivity index (χ4v) is 4.64. The van der Waals surface area contributed by atoms with Crippen molar-refractivity contribution in [2.75, 3.05) is 31.3 Å². The van der Waals surface area contributed by atoms with Gasteiger partial charge in [-0.3, -0.25) is 9.59 Å². The van der Waals surface area contributed by atoms with Gasteiger partial charge < -0.3 is 20.1 Å². The molecular formula is C17H22N2O6S. The number of nitrogens with one attached hydrogen (secondary N) is 2. The molecule has 142 valence electrons. The van der Waals surface area contributed by atoms with Crippen LogP contribution in [0.25, 0.3) is 0 Å². The topological polar surface area (TPSA) is 111 Å². The van der Waals surface area contributed by atoms with Crippen LogP contribution in [-0.2, 0) is 25.8 Å². The molecule has 2 amide bonds. The molecule has 0 saturated carbocycles. The van der Waals surface area contributed by atoms with E-state index in [1.807, 2.05) is 0 Å². The number of rotatable bonds is 6. The van der Waals surface area contributed by atoms with Crippen LogP contribution >= 0.6 is 0 Å².